The molecule has 0 unspecified atom stereocenters. The molecule has 0 aliphatic heterocycles. The highest BCUT2D eigenvalue weighted by molar-refractivity contribution is 5.75. The molecule has 2 N–H and O–H groups in total. The Morgan fingerprint density at radius 3 is 2.75 bits per heavy atom. The molecule has 0 fully saturated rings. The molecule has 100 valence electrons. The first-order valence-corrected chi connectivity index (χ1v) is 6.65. The Morgan fingerprint density at radius 2 is 1.95 bits per heavy atom. The predicted molar refractivity (Wildman–Crippen MR) is 82.4 cm³/mol. The molecule has 3 nitrogen and oxygen atoms in total. The number of anilines is 1. The summed E-state index contributed by atoms with van der Waals surface area (Å²) >= 11 is 0. The lowest BCUT2D eigenvalue weighted by molar-refractivity contribution is 0.686. The molecule has 2 aromatic carbocycles. The van der Waals surface area contributed by atoms with Gasteiger partial charge in [-0.05, 0) is 18.6 Å². The molecule has 20 heavy (non-hydrogen) atoms. The standard InChI is InChI=1S/C17H17N3/c1-13-5-4-6-14(9-13)11-20-12-15(10-19-20)16-7-2-3-8-17(16)18/h2-10,12H,11,18H2,1H3. The first-order chi connectivity index (χ1) is 9.72. The topological polar surface area (TPSA) is 43.8 Å². The third-order valence-corrected chi connectivity index (χ3v) is 3.33. The van der Waals surface area contributed by atoms with E-state index in [0.29, 0.717) is 0 Å². The van der Waals surface area contributed by atoms with Gasteiger partial charge in [-0.25, -0.2) is 0 Å². The molecule has 0 bridgehead atoms. The number of aryl methyl sites for hydroxylation is 1. The van der Waals surface area contributed by atoms with Crippen LogP contribution in [-0.2, 0) is 6.54 Å². The fourth-order valence-electron chi connectivity index (χ4n) is 2.35. The van der Waals surface area contributed by atoms with Gasteiger partial charge in [0.15, 0.2) is 0 Å². The quantitative estimate of drug-likeness (QED) is 0.735. The fraction of sp³-hybridized carbons (Fsp3) is 0.118. The summed E-state index contributed by atoms with van der Waals surface area (Å²) in [7, 11) is 0. The van der Waals surface area contributed by atoms with E-state index in [0.717, 1.165) is 23.4 Å². The second kappa shape index (κ2) is 5.21. The summed E-state index contributed by atoms with van der Waals surface area (Å²) in [5.41, 5.74) is 11.4. The first-order valence-electron chi connectivity index (χ1n) is 6.65. The lowest BCUT2D eigenvalue weighted by Gasteiger charge is -2.03. The predicted octanol–water partition coefficient (Wildman–Crippen LogP) is 3.49. The van der Waals surface area contributed by atoms with Crippen LogP contribution in [0.5, 0.6) is 0 Å². The van der Waals surface area contributed by atoms with Crippen LogP contribution in [0.15, 0.2) is 60.9 Å². The van der Waals surface area contributed by atoms with Gasteiger partial charge >= 0.3 is 0 Å². The zero-order valence-corrected chi connectivity index (χ0v) is 11.5. The number of nitrogens with zero attached hydrogens (tertiary/aromatic N) is 2. The van der Waals surface area contributed by atoms with Crippen molar-refractivity contribution in [1.82, 2.24) is 9.78 Å². The van der Waals surface area contributed by atoms with E-state index in [1.54, 1.807) is 0 Å². The fourth-order valence-corrected chi connectivity index (χ4v) is 2.35. The third-order valence-electron chi connectivity index (χ3n) is 3.33. The van der Waals surface area contributed by atoms with Crippen LogP contribution in [0, 0.1) is 6.92 Å². The van der Waals surface area contributed by atoms with Gasteiger partial charge in [-0.1, -0.05) is 48.0 Å². The van der Waals surface area contributed by atoms with E-state index in [-0.39, 0.29) is 0 Å². The minimum atomic E-state index is 0.772. The Labute approximate surface area is 118 Å². The highest BCUT2D eigenvalue weighted by Crippen LogP contribution is 2.24. The number of hydrogen-bond acceptors (Lipinski definition) is 2. The Kier molecular flexibility index (Phi) is 3.25. The highest BCUT2D eigenvalue weighted by Gasteiger charge is 2.05. The maximum absolute atomic E-state index is 6.00. The van der Waals surface area contributed by atoms with E-state index < -0.39 is 0 Å². The van der Waals surface area contributed by atoms with Gasteiger partial charge in [-0.2, -0.15) is 5.10 Å². The molecule has 3 aromatic rings. The van der Waals surface area contributed by atoms with Crippen LogP contribution in [0.1, 0.15) is 11.1 Å². The maximum atomic E-state index is 6.00. The summed E-state index contributed by atoms with van der Waals surface area (Å²) in [6.45, 7) is 2.87. The van der Waals surface area contributed by atoms with Crippen LogP contribution in [0.4, 0.5) is 5.69 Å². The zero-order valence-electron chi connectivity index (χ0n) is 11.5. The van der Waals surface area contributed by atoms with Crippen molar-refractivity contribution in [2.75, 3.05) is 5.73 Å². The molecular weight excluding hydrogens is 246 g/mol. The van der Waals surface area contributed by atoms with E-state index in [1.165, 1.54) is 11.1 Å². The number of benzene rings is 2. The molecule has 0 saturated heterocycles. The normalized spacial score (nSPS) is 10.7. The number of hydrogen-bond donors (Lipinski definition) is 1. The van der Waals surface area contributed by atoms with Gasteiger partial charge in [0.1, 0.15) is 0 Å². The van der Waals surface area contributed by atoms with E-state index >= 15 is 0 Å². The minimum absolute atomic E-state index is 0.772. The summed E-state index contributed by atoms with van der Waals surface area (Å²) in [6, 6.07) is 16.3. The molecule has 0 saturated carbocycles. The summed E-state index contributed by atoms with van der Waals surface area (Å²) in [6.07, 6.45) is 3.90. The maximum Gasteiger partial charge on any atom is 0.0659 e. The Morgan fingerprint density at radius 1 is 1.10 bits per heavy atom. The van der Waals surface area contributed by atoms with Gasteiger partial charge in [0.2, 0.25) is 0 Å². The number of rotatable bonds is 3. The minimum Gasteiger partial charge on any atom is -0.398 e. The van der Waals surface area contributed by atoms with Crippen LogP contribution in [0.3, 0.4) is 0 Å². The molecule has 0 aliphatic carbocycles. The van der Waals surface area contributed by atoms with Crippen LogP contribution in [0.25, 0.3) is 11.1 Å². The van der Waals surface area contributed by atoms with Gasteiger partial charge in [0, 0.05) is 23.0 Å². The van der Waals surface area contributed by atoms with E-state index in [4.69, 9.17) is 5.73 Å². The van der Waals surface area contributed by atoms with Crippen molar-refractivity contribution in [2.45, 2.75) is 13.5 Å². The average molecular weight is 263 g/mol. The number of para-hydroxylation sites is 1. The lowest BCUT2D eigenvalue weighted by atomic mass is 10.1. The van der Waals surface area contributed by atoms with Crippen LogP contribution in [0.2, 0.25) is 0 Å². The second-order valence-electron chi connectivity index (χ2n) is 5.00. The first kappa shape index (κ1) is 12.5. The molecule has 0 atom stereocenters. The molecule has 0 spiro atoms. The monoisotopic (exact) mass is 263 g/mol. The Hall–Kier alpha value is -2.55. The summed E-state index contributed by atoms with van der Waals surface area (Å²) in [5.74, 6) is 0. The number of nitrogens with two attached hydrogens (primary N) is 1. The summed E-state index contributed by atoms with van der Waals surface area (Å²) in [5, 5.41) is 4.42. The van der Waals surface area contributed by atoms with Crippen molar-refractivity contribution in [1.29, 1.82) is 0 Å². The molecule has 0 radical (unpaired) electrons. The van der Waals surface area contributed by atoms with Gasteiger partial charge in [-0.15, -0.1) is 0 Å². The van der Waals surface area contributed by atoms with Gasteiger partial charge in [0.25, 0.3) is 0 Å². The zero-order chi connectivity index (χ0) is 13.9. The smallest absolute Gasteiger partial charge is 0.0659 e. The van der Waals surface area contributed by atoms with E-state index in [2.05, 4.69) is 36.3 Å². The molecule has 1 aromatic heterocycles. The molecule has 0 amide bonds. The molecule has 3 heteroatoms. The van der Waals surface area contributed by atoms with E-state index in [9.17, 15) is 0 Å². The van der Waals surface area contributed by atoms with E-state index in [1.807, 2.05) is 41.3 Å². The second-order valence-corrected chi connectivity index (χ2v) is 5.00. The van der Waals surface area contributed by atoms with Crippen molar-refractivity contribution in [3.05, 3.63) is 72.1 Å². The average Bonchev–Trinajstić information content (AvgIpc) is 2.87. The highest BCUT2D eigenvalue weighted by atomic mass is 15.3. The number of aromatic nitrogens is 2. The lowest BCUT2D eigenvalue weighted by Crippen LogP contribution is -1.99. The van der Waals surface area contributed by atoms with Crippen molar-refractivity contribution in [3.8, 4) is 11.1 Å². The van der Waals surface area contributed by atoms with Gasteiger partial charge in [-0.3, -0.25) is 4.68 Å². The SMILES string of the molecule is Cc1cccc(Cn2cc(-c3ccccc3N)cn2)c1. The van der Waals surface area contributed by atoms with Gasteiger partial charge < -0.3 is 5.73 Å². The number of nitrogen functional groups attached to an aromatic ring is 1. The Balaban J connectivity index is 1.86. The van der Waals surface area contributed by atoms with Crippen molar-refractivity contribution < 1.29 is 0 Å². The third kappa shape index (κ3) is 2.57. The summed E-state index contributed by atoms with van der Waals surface area (Å²) < 4.78 is 1.94. The van der Waals surface area contributed by atoms with Crippen LogP contribution >= 0.6 is 0 Å². The van der Waals surface area contributed by atoms with Gasteiger partial charge in [0.05, 0.1) is 12.7 Å². The van der Waals surface area contributed by atoms with Crippen LogP contribution in [-0.4, -0.2) is 9.78 Å². The molecule has 3 rings (SSSR count). The largest absolute Gasteiger partial charge is 0.398 e. The van der Waals surface area contributed by atoms with Crippen molar-refractivity contribution in [2.24, 2.45) is 0 Å². The van der Waals surface area contributed by atoms with Crippen molar-refractivity contribution in [3.63, 3.8) is 0 Å². The molecular formula is C17H17N3. The van der Waals surface area contributed by atoms with Crippen molar-refractivity contribution >= 4 is 5.69 Å². The molecule has 1 heterocycles. The van der Waals surface area contributed by atoms with Crippen LogP contribution < -0.4 is 5.73 Å². The Bertz CT molecular complexity index is 728. The molecule has 0 aliphatic rings. The summed E-state index contributed by atoms with van der Waals surface area (Å²) in [4.78, 5) is 0.